The second-order valence-corrected chi connectivity index (χ2v) is 7.02. The lowest BCUT2D eigenvalue weighted by molar-refractivity contribution is -0.902. The van der Waals surface area contributed by atoms with E-state index in [2.05, 4.69) is 11.8 Å². The largest absolute Gasteiger partial charge is 1.00 e. The van der Waals surface area contributed by atoms with E-state index in [1.807, 2.05) is 60.7 Å². The Balaban J connectivity index is 0.00000261. The smallest absolute Gasteiger partial charge is 0.272 e. The Morgan fingerprint density at radius 2 is 1.48 bits per heavy atom. The molecule has 5 heteroatoms. The number of nitrogens with zero attached hydrogens (tertiary/aromatic N) is 1. The number of quaternary nitrogens is 1. The highest BCUT2D eigenvalue weighted by molar-refractivity contribution is 5.75. The number of amides is 1. The molecule has 0 bridgehead atoms. The predicted molar refractivity (Wildman–Crippen MR) is 102 cm³/mol. The van der Waals surface area contributed by atoms with Gasteiger partial charge in [-0.1, -0.05) is 66.6 Å². The summed E-state index contributed by atoms with van der Waals surface area (Å²) in [5.41, 5.74) is 5.54. The topological polar surface area (TPSA) is 63.3 Å². The lowest BCUT2D eigenvalue weighted by Gasteiger charge is -2.31. The van der Waals surface area contributed by atoms with Crippen LogP contribution < -0.4 is 29.7 Å². The van der Waals surface area contributed by atoms with E-state index in [0.717, 1.165) is 37.1 Å². The van der Waals surface area contributed by atoms with Gasteiger partial charge in [-0.2, -0.15) is 0 Å². The average molecular weight is 476 g/mol. The van der Waals surface area contributed by atoms with Crippen molar-refractivity contribution in [2.75, 3.05) is 26.2 Å². The first-order valence-corrected chi connectivity index (χ1v) is 9.01. The van der Waals surface area contributed by atoms with Gasteiger partial charge in [0, 0.05) is 24.0 Å². The Labute approximate surface area is 178 Å². The quantitative estimate of drug-likeness (QED) is 0.332. The molecule has 0 unspecified atom stereocenters. The van der Waals surface area contributed by atoms with E-state index in [1.165, 1.54) is 0 Å². The van der Waals surface area contributed by atoms with Gasteiger partial charge in [-0.15, -0.1) is 0 Å². The molecular weight excluding hydrogens is 451 g/mol. The fourth-order valence-electron chi connectivity index (χ4n) is 3.71. The van der Waals surface area contributed by atoms with E-state index in [1.54, 1.807) is 0 Å². The first-order chi connectivity index (χ1) is 12.5. The van der Waals surface area contributed by atoms with Crippen LogP contribution >= 0.6 is 0 Å². The van der Waals surface area contributed by atoms with Crippen LogP contribution in [0.3, 0.4) is 0 Å². The van der Waals surface area contributed by atoms with E-state index >= 15 is 0 Å². The van der Waals surface area contributed by atoms with Crippen LogP contribution in [-0.4, -0.2) is 41.7 Å². The highest BCUT2D eigenvalue weighted by atomic mass is 127. The minimum absolute atomic E-state index is 0. The fourth-order valence-corrected chi connectivity index (χ4v) is 3.71. The van der Waals surface area contributed by atoms with Crippen LogP contribution in [0.25, 0.3) is 0 Å². The lowest BCUT2D eigenvalue weighted by Crippen LogP contribution is -3.00. The van der Waals surface area contributed by atoms with Crippen LogP contribution in [0, 0.1) is 11.8 Å². The Kier molecular flexibility index (Phi) is 7.42. The molecule has 1 saturated heterocycles. The molecule has 4 nitrogen and oxygen atoms in total. The molecule has 2 aromatic carbocycles. The molecule has 3 N–H and O–H groups in total. The number of carbonyl (C=O) groups is 1. The highest BCUT2D eigenvalue weighted by Crippen LogP contribution is 2.29. The molecule has 27 heavy (non-hydrogen) atoms. The molecule has 0 aliphatic carbocycles. The number of carbonyl (C=O) groups excluding carboxylic acids is 1. The number of aliphatic hydroxyl groups is 1. The third-order valence-corrected chi connectivity index (χ3v) is 5.07. The molecule has 0 saturated carbocycles. The molecule has 1 amide bonds. The van der Waals surface area contributed by atoms with Crippen LogP contribution in [0.2, 0.25) is 0 Å². The van der Waals surface area contributed by atoms with Crippen molar-refractivity contribution in [2.24, 2.45) is 5.73 Å². The predicted octanol–water partition coefficient (Wildman–Crippen LogP) is -0.974. The third kappa shape index (κ3) is 5.10. The minimum atomic E-state index is -1.38. The van der Waals surface area contributed by atoms with Gasteiger partial charge in [0.05, 0.1) is 13.1 Å². The van der Waals surface area contributed by atoms with Gasteiger partial charge >= 0.3 is 0 Å². The van der Waals surface area contributed by atoms with Gasteiger partial charge in [-0.05, 0) is 5.92 Å². The summed E-state index contributed by atoms with van der Waals surface area (Å²) in [7, 11) is 0. The van der Waals surface area contributed by atoms with Gasteiger partial charge in [0.15, 0.2) is 12.1 Å². The van der Waals surface area contributed by atoms with Gasteiger partial charge in [-0.25, -0.2) is 0 Å². The summed E-state index contributed by atoms with van der Waals surface area (Å²) in [4.78, 5) is 11.5. The maximum Gasteiger partial charge on any atom is 0.272 e. The van der Waals surface area contributed by atoms with Gasteiger partial charge in [0.1, 0.15) is 6.54 Å². The summed E-state index contributed by atoms with van der Waals surface area (Å²) in [5.74, 6) is 5.97. The molecule has 1 aliphatic heterocycles. The van der Waals surface area contributed by atoms with Crippen LogP contribution in [0.4, 0.5) is 0 Å². The number of likely N-dealkylation sites (tertiary alicyclic amines) is 1. The van der Waals surface area contributed by atoms with Crippen LogP contribution in [0.15, 0.2) is 60.7 Å². The second kappa shape index (κ2) is 9.36. The highest BCUT2D eigenvalue weighted by Gasteiger charge is 2.34. The van der Waals surface area contributed by atoms with Crippen LogP contribution in [-0.2, 0) is 10.4 Å². The maximum absolute atomic E-state index is 11.5. The molecule has 2 aromatic rings. The molecule has 0 aromatic heterocycles. The van der Waals surface area contributed by atoms with Gasteiger partial charge in [0.2, 0.25) is 0 Å². The number of primary amides is 1. The van der Waals surface area contributed by atoms with Gasteiger partial charge < -0.3 is 39.3 Å². The standard InChI is InChI=1S/C22H24N2O2.HI/c23-21(25)18-24(15-7-8-16-24)17-9-14-22(26,19-10-3-1-4-11-19)20-12-5-2-6-13-20;/h1-6,10-13,26H,7-8,15-18H2,(H-,23,25);1H. The Hall–Kier alpha value is -1.88. The van der Waals surface area contributed by atoms with Crippen LogP contribution in [0.5, 0.6) is 0 Å². The number of halogens is 1. The first kappa shape index (κ1) is 21.4. The zero-order valence-corrected chi connectivity index (χ0v) is 17.4. The summed E-state index contributed by atoms with van der Waals surface area (Å²) < 4.78 is 0.599. The van der Waals surface area contributed by atoms with Crippen molar-refractivity contribution in [1.82, 2.24) is 0 Å². The molecule has 3 rings (SSSR count). The summed E-state index contributed by atoms with van der Waals surface area (Å²) in [6.45, 7) is 2.65. The van der Waals surface area contributed by atoms with E-state index < -0.39 is 5.60 Å². The summed E-state index contributed by atoms with van der Waals surface area (Å²) in [5, 5.41) is 11.4. The zero-order valence-electron chi connectivity index (χ0n) is 15.3. The number of hydrogen-bond donors (Lipinski definition) is 2. The van der Waals surface area contributed by atoms with E-state index in [9.17, 15) is 9.90 Å². The third-order valence-electron chi connectivity index (χ3n) is 5.07. The van der Waals surface area contributed by atoms with Gasteiger partial charge in [-0.3, -0.25) is 4.79 Å². The summed E-state index contributed by atoms with van der Waals surface area (Å²) >= 11 is 0. The van der Waals surface area contributed by atoms with Crippen molar-refractivity contribution in [2.45, 2.75) is 18.4 Å². The molecule has 0 atom stereocenters. The summed E-state index contributed by atoms with van der Waals surface area (Å²) in [6, 6.07) is 18.9. The van der Waals surface area contributed by atoms with E-state index in [4.69, 9.17) is 5.73 Å². The maximum atomic E-state index is 11.5. The van der Waals surface area contributed by atoms with E-state index in [-0.39, 0.29) is 29.9 Å². The molecule has 1 aliphatic rings. The zero-order chi connectivity index (χ0) is 18.5. The Morgan fingerprint density at radius 3 is 1.93 bits per heavy atom. The Bertz CT molecular complexity index is 767. The van der Waals surface area contributed by atoms with Gasteiger partial charge in [0.25, 0.3) is 5.91 Å². The van der Waals surface area contributed by atoms with Crippen molar-refractivity contribution in [1.29, 1.82) is 0 Å². The van der Waals surface area contributed by atoms with Crippen molar-refractivity contribution in [3.63, 3.8) is 0 Å². The number of benzene rings is 2. The van der Waals surface area contributed by atoms with Crippen molar-refractivity contribution < 1.29 is 38.4 Å². The number of rotatable bonds is 5. The minimum Gasteiger partial charge on any atom is -1.00 e. The number of hydrogen-bond acceptors (Lipinski definition) is 2. The normalized spacial score (nSPS) is 15.3. The first-order valence-electron chi connectivity index (χ1n) is 9.01. The Morgan fingerprint density at radius 1 is 1.00 bits per heavy atom. The average Bonchev–Trinajstić information content (AvgIpc) is 3.10. The lowest BCUT2D eigenvalue weighted by atomic mass is 9.87. The van der Waals surface area contributed by atoms with Crippen molar-refractivity contribution >= 4 is 5.91 Å². The molecule has 1 heterocycles. The molecule has 142 valence electrons. The second-order valence-electron chi connectivity index (χ2n) is 7.02. The molecule has 1 fully saturated rings. The summed E-state index contributed by atoms with van der Waals surface area (Å²) in [6.07, 6.45) is 2.16. The van der Waals surface area contributed by atoms with Crippen molar-refractivity contribution in [3.8, 4) is 11.8 Å². The number of nitrogens with two attached hydrogens (primary N) is 1. The fraction of sp³-hybridized carbons (Fsp3) is 0.318. The van der Waals surface area contributed by atoms with E-state index in [0.29, 0.717) is 17.6 Å². The van der Waals surface area contributed by atoms with Crippen molar-refractivity contribution in [3.05, 3.63) is 71.8 Å². The molecule has 0 spiro atoms. The SMILES string of the molecule is NC(=O)C[N+]1(CC#CC(O)(c2ccccc2)c2ccccc2)CCCC1.[I-]. The van der Waals surface area contributed by atoms with Crippen LogP contribution in [0.1, 0.15) is 24.0 Å². The molecular formula is C22H25IN2O2. The molecule has 0 radical (unpaired) electrons. The monoisotopic (exact) mass is 476 g/mol.